The number of hydrogen-bond acceptors (Lipinski definition) is 3. The average Bonchev–Trinajstić information content (AvgIpc) is 2.53. The van der Waals surface area contributed by atoms with Crippen LogP contribution < -0.4 is 5.32 Å². The molecule has 23 heavy (non-hydrogen) atoms. The molecule has 0 aliphatic carbocycles. The molecule has 1 atom stereocenters. The highest BCUT2D eigenvalue weighted by atomic mass is 35.5. The standard InChI is InChI=1S/C18H18ClNO3/c1-12-2-6-14(7-3-12)17(21)10-16(18(22)23)20-11-13-4-8-15(19)9-5-13/h2-9,16,20H,10-11H2,1H3,(H,22,23). The Labute approximate surface area is 140 Å². The van der Waals surface area contributed by atoms with Gasteiger partial charge < -0.3 is 5.11 Å². The molecule has 2 N–H and O–H groups in total. The van der Waals surface area contributed by atoms with Gasteiger partial charge in [-0.3, -0.25) is 14.9 Å². The molecule has 2 rings (SSSR count). The van der Waals surface area contributed by atoms with Gasteiger partial charge in [0.2, 0.25) is 0 Å². The molecule has 1 unspecified atom stereocenters. The maximum absolute atomic E-state index is 12.2. The zero-order valence-electron chi connectivity index (χ0n) is 12.8. The van der Waals surface area contributed by atoms with Crippen molar-refractivity contribution in [3.8, 4) is 0 Å². The van der Waals surface area contributed by atoms with Gasteiger partial charge in [0.25, 0.3) is 0 Å². The predicted octanol–water partition coefficient (Wildman–Crippen LogP) is 3.46. The lowest BCUT2D eigenvalue weighted by Crippen LogP contribution is -2.38. The van der Waals surface area contributed by atoms with E-state index >= 15 is 0 Å². The number of carbonyl (C=O) groups is 2. The van der Waals surface area contributed by atoms with Crippen molar-refractivity contribution < 1.29 is 14.7 Å². The fourth-order valence-corrected chi connectivity index (χ4v) is 2.26. The number of carboxylic acid groups (broad SMARTS) is 1. The van der Waals surface area contributed by atoms with Crippen molar-refractivity contribution in [2.45, 2.75) is 25.9 Å². The highest BCUT2D eigenvalue weighted by Crippen LogP contribution is 2.11. The van der Waals surface area contributed by atoms with E-state index in [1.165, 1.54) is 0 Å². The smallest absolute Gasteiger partial charge is 0.321 e. The molecule has 4 nitrogen and oxygen atoms in total. The van der Waals surface area contributed by atoms with Crippen LogP contribution in [-0.4, -0.2) is 22.9 Å². The first-order chi connectivity index (χ1) is 11.0. The molecule has 5 heteroatoms. The summed E-state index contributed by atoms with van der Waals surface area (Å²) in [4.78, 5) is 23.6. The number of carbonyl (C=O) groups excluding carboxylic acids is 1. The Morgan fingerprint density at radius 2 is 1.70 bits per heavy atom. The lowest BCUT2D eigenvalue weighted by atomic mass is 10.0. The highest BCUT2D eigenvalue weighted by molar-refractivity contribution is 6.30. The Morgan fingerprint density at radius 1 is 1.09 bits per heavy atom. The molecule has 0 saturated heterocycles. The largest absolute Gasteiger partial charge is 0.480 e. The summed E-state index contributed by atoms with van der Waals surface area (Å²) in [7, 11) is 0. The number of Topliss-reactive ketones (excluding diaryl/α,β-unsaturated/α-hetero) is 1. The van der Waals surface area contributed by atoms with E-state index in [0.29, 0.717) is 17.1 Å². The SMILES string of the molecule is Cc1ccc(C(=O)CC(NCc2ccc(Cl)cc2)C(=O)O)cc1. The molecule has 0 radical (unpaired) electrons. The van der Waals surface area contributed by atoms with Gasteiger partial charge in [-0.15, -0.1) is 0 Å². The van der Waals surface area contributed by atoms with Gasteiger partial charge in [0, 0.05) is 23.6 Å². The Kier molecular flexibility index (Phi) is 5.90. The molecule has 120 valence electrons. The molecule has 2 aromatic carbocycles. The third-order valence-corrected chi connectivity index (χ3v) is 3.78. The summed E-state index contributed by atoms with van der Waals surface area (Å²) in [6.07, 6.45) is -0.0913. The predicted molar refractivity (Wildman–Crippen MR) is 89.8 cm³/mol. The number of carboxylic acids is 1. The van der Waals surface area contributed by atoms with Crippen LogP contribution in [-0.2, 0) is 11.3 Å². The van der Waals surface area contributed by atoms with Crippen molar-refractivity contribution in [1.29, 1.82) is 0 Å². The van der Waals surface area contributed by atoms with Gasteiger partial charge in [0.1, 0.15) is 6.04 Å². The molecule has 0 aromatic heterocycles. The van der Waals surface area contributed by atoms with Crippen LogP contribution in [0.2, 0.25) is 5.02 Å². The van der Waals surface area contributed by atoms with Crippen molar-refractivity contribution in [3.63, 3.8) is 0 Å². The minimum absolute atomic E-state index is 0.0913. The Hall–Kier alpha value is -2.17. The van der Waals surface area contributed by atoms with E-state index < -0.39 is 12.0 Å². The summed E-state index contributed by atoms with van der Waals surface area (Å²) >= 11 is 5.81. The number of aryl methyl sites for hydroxylation is 1. The summed E-state index contributed by atoms with van der Waals surface area (Å²) in [5, 5.41) is 12.8. The monoisotopic (exact) mass is 331 g/mol. The number of hydrogen-bond donors (Lipinski definition) is 2. The zero-order valence-corrected chi connectivity index (χ0v) is 13.5. The second-order valence-corrected chi connectivity index (χ2v) is 5.83. The van der Waals surface area contributed by atoms with Gasteiger partial charge >= 0.3 is 5.97 Å². The molecule has 0 aliphatic rings. The molecule has 0 spiro atoms. The highest BCUT2D eigenvalue weighted by Gasteiger charge is 2.21. The third-order valence-electron chi connectivity index (χ3n) is 3.53. The number of nitrogens with one attached hydrogen (secondary N) is 1. The molecule has 0 fully saturated rings. The van der Waals surface area contributed by atoms with E-state index in [4.69, 9.17) is 11.6 Å². The molecule has 0 bridgehead atoms. The quantitative estimate of drug-likeness (QED) is 0.762. The van der Waals surface area contributed by atoms with Crippen LogP contribution in [0.4, 0.5) is 0 Å². The van der Waals surface area contributed by atoms with Gasteiger partial charge in [-0.2, -0.15) is 0 Å². The molecule has 0 aliphatic heterocycles. The molecular weight excluding hydrogens is 314 g/mol. The fraction of sp³-hybridized carbons (Fsp3) is 0.222. The summed E-state index contributed by atoms with van der Waals surface area (Å²) in [5.41, 5.74) is 2.48. The van der Waals surface area contributed by atoms with Crippen LogP contribution in [0.25, 0.3) is 0 Å². The minimum Gasteiger partial charge on any atom is -0.480 e. The molecule has 0 heterocycles. The lowest BCUT2D eigenvalue weighted by molar-refractivity contribution is -0.139. The summed E-state index contributed by atoms with van der Waals surface area (Å²) in [6, 6.07) is 13.3. The average molecular weight is 332 g/mol. The van der Waals surface area contributed by atoms with E-state index in [0.717, 1.165) is 11.1 Å². The molecular formula is C18H18ClNO3. The normalized spacial score (nSPS) is 11.9. The Morgan fingerprint density at radius 3 is 2.26 bits per heavy atom. The van der Waals surface area contributed by atoms with Crippen molar-refractivity contribution >= 4 is 23.4 Å². The van der Waals surface area contributed by atoms with Gasteiger partial charge in [0.15, 0.2) is 5.78 Å². The summed E-state index contributed by atoms with van der Waals surface area (Å²) < 4.78 is 0. The molecule has 0 amide bonds. The number of benzene rings is 2. The topological polar surface area (TPSA) is 66.4 Å². The van der Waals surface area contributed by atoms with Gasteiger partial charge in [-0.25, -0.2) is 0 Å². The first-order valence-electron chi connectivity index (χ1n) is 7.26. The number of halogens is 1. The maximum atomic E-state index is 12.2. The van der Waals surface area contributed by atoms with E-state index in [9.17, 15) is 14.7 Å². The molecule has 2 aromatic rings. The van der Waals surface area contributed by atoms with Crippen molar-refractivity contribution in [2.75, 3.05) is 0 Å². The minimum atomic E-state index is -1.04. The van der Waals surface area contributed by atoms with Crippen molar-refractivity contribution in [1.82, 2.24) is 5.32 Å². The van der Waals surface area contributed by atoms with Crippen LogP contribution in [0, 0.1) is 6.92 Å². The lowest BCUT2D eigenvalue weighted by Gasteiger charge is -2.14. The first kappa shape index (κ1) is 17.2. The zero-order chi connectivity index (χ0) is 16.8. The van der Waals surface area contributed by atoms with Crippen molar-refractivity contribution in [2.24, 2.45) is 0 Å². The van der Waals surface area contributed by atoms with E-state index in [1.54, 1.807) is 24.3 Å². The van der Waals surface area contributed by atoms with Crippen LogP contribution in [0.1, 0.15) is 27.9 Å². The van der Waals surface area contributed by atoms with Gasteiger partial charge in [-0.1, -0.05) is 53.6 Å². The van der Waals surface area contributed by atoms with E-state index in [-0.39, 0.29) is 12.2 Å². The van der Waals surface area contributed by atoms with Crippen LogP contribution in [0.15, 0.2) is 48.5 Å². The number of ketones is 1. The summed E-state index contributed by atoms with van der Waals surface area (Å²) in [5.74, 6) is -1.24. The second kappa shape index (κ2) is 7.90. The maximum Gasteiger partial charge on any atom is 0.321 e. The molecule has 0 saturated carbocycles. The van der Waals surface area contributed by atoms with E-state index in [1.807, 2.05) is 31.2 Å². The Bertz CT molecular complexity index is 680. The third kappa shape index (κ3) is 5.20. The van der Waals surface area contributed by atoms with Gasteiger partial charge in [-0.05, 0) is 24.6 Å². The Balaban J connectivity index is 1.98. The van der Waals surface area contributed by atoms with Crippen LogP contribution in [0.3, 0.4) is 0 Å². The van der Waals surface area contributed by atoms with Crippen molar-refractivity contribution in [3.05, 3.63) is 70.2 Å². The number of aliphatic carboxylic acids is 1. The van der Waals surface area contributed by atoms with Gasteiger partial charge in [0.05, 0.1) is 0 Å². The number of rotatable bonds is 7. The second-order valence-electron chi connectivity index (χ2n) is 5.39. The fourth-order valence-electron chi connectivity index (χ4n) is 2.13. The van der Waals surface area contributed by atoms with Crippen LogP contribution in [0.5, 0.6) is 0 Å². The van der Waals surface area contributed by atoms with Crippen LogP contribution >= 0.6 is 11.6 Å². The summed E-state index contributed by atoms with van der Waals surface area (Å²) in [6.45, 7) is 2.29. The van der Waals surface area contributed by atoms with E-state index in [2.05, 4.69) is 5.32 Å². The first-order valence-corrected chi connectivity index (χ1v) is 7.64.